The van der Waals surface area contributed by atoms with Gasteiger partial charge < -0.3 is 13.7 Å². The van der Waals surface area contributed by atoms with E-state index in [2.05, 4.69) is 342 Å². The molecular formula is C128H91N8O3P3. The molecule has 3 aliphatic rings. The molecule has 3 aliphatic heterocycles. The minimum atomic E-state index is -3.26. The zero-order valence-corrected chi connectivity index (χ0v) is 80.8. The van der Waals surface area contributed by atoms with Crippen LogP contribution in [0.25, 0.3) is 188 Å². The summed E-state index contributed by atoms with van der Waals surface area (Å²) in [6.07, 6.45) is 2.34. The summed E-state index contributed by atoms with van der Waals surface area (Å²) in [7, 11) is -9.64. The molecule has 3 atom stereocenters. The molecule has 4 aromatic heterocycles. The van der Waals surface area contributed by atoms with Crippen LogP contribution < -0.4 is 47.7 Å². The summed E-state index contributed by atoms with van der Waals surface area (Å²) < 4.78 is 56.0. The number of rotatable bonds is 14. The van der Waals surface area contributed by atoms with Gasteiger partial charge in [0.1, 0.15) is 23.3 Å². The maximum Gasteiger partial charge on any atom is 0.175 e. The Hall–Kier alpha value is -16.8. The van der Waals surface area contributed by atoms with Gasteiger partial charge in [0, 0.05) is 78.3 Å². The first-order chi connectivity index (χ1) is 69.8. The summed E-state index contributed by atoms with van der Waals surface area (Å²) in [5.74, 6) is 3.83. The van der Waals surface area contributed by atoms with E-state index in [4.69, 9.17) is 19.9 Å². The van der Waals surface area contributed by atoms with E-state index in [-0.39, 0.29) is 0 Å². The molecule has 142 heavy (non-hydrogen) atoms. The predicted octanol–water partition coefficient (Wildman–Crippen LogP) is 28.2. The van der Waals surface area contributed by atoms with Gasteiger partial charge in [0.25, 0.3) is 0 Å². The lowest BCUT2D eigenvalue weighted by Gasteiger charge is -2.29. The summed E-state index contributed by atoms with van der Waals surface area (Å²) in [4.78, 5) is 20.0. The molecule has 0 saturated carbocycles. The second-order valence-corrected chi connectivity index (χ2v) is 45.1. The molecule has 0 bridgehead atoms. The molecule has 28 rings (SSSR count). The van der Waals surface area contributed by atoms with Gasteiger partial charge in [-0.15, -0.1) is 0 Å². The van der Waals surface area contributed by atoms with Crippen LogP contribution in [0.2, 0.25) is 0 Å². The van der Waals surface area contributed by atoms with Crippen LogP contribution in [0.3, 0.4) is 0 Å². The van der Waals surface area contributed by atoms with Gasteiger partial charge in [-0.3, -0.25) is 18.3 Å². The number of hydrogen-bond donors (Lipinski definition) is 0. The number of fused-ring (bicyclic) bond motifs is 11. The molecule has 0 aliphatic carbocycles. The van der Waals surface area contributed by atoms with Crippen molar-refractivity contribution in [1.29, 1.82) is 0 Å². The average molecular weight is 1880 g/mol. The van der Waals surface area contributed by atoms with Crippen LogP contribution in [0.1, 0.15) is 38.2 Å². The average Bonchev–Trinajstić information content (AvgIpc) is 1.47. The van der Waals surface area contributed by atoms with Crippen LogP contribution in [0.5, 0.6) is 0 Å². The fraction of sp³-hybridized carbons (Fsp3) is 0.0469. The standard InChI is InChI=1S/C47H33N2OP.C41H29N2OP.C40H29N4OP/c1-2-46-48-42-17-10-18-44-47(42)49(46)43-24-23-37(30-45(43)51(44,50)41-15-4-3-5-16-41)40-28-38(35-21-19-31-11-6-8-13-33(31)25-35)27-39(29-40)36-22-20-32-12-7-9-14-34(32)26-36;1-2-40-42-36-13-8-14-38-41(36)43(40)37-22-21-34(26-39(37)45(38,44)35-11-4-3-5-12-35)33-20-19-31-24-30(17-18-32(31)25-33)29-16-15-27-9-6-7-10-28(27)23-29;1-2-38-41-33-17-11-19-36-39(33)44(38)35-25-24-29(26-37(35)46(36,45)31-14-7-4-8-15-31)27-20-22-28(23-21-27)40-42-32-16-9-10-18-34(32)43(40)30-12-5-3-6-13-30/h3-30H,2H2,1H3;3-26H,2H2,1H3;3-26H,2H2,1H3. The molecule has 14 heteroatoms. The third-order valence-electron chi connectivity index (χ3n) is 28.9. The molecule has 676 valence electrons. The Balaban J connectivity index is 0.000000109. The Morgan fingerprint density at radius 3 is 0.831 bits per heavy atom. The van der Waals surface area contributed by atoms with Crippen LogP contribution in [-0.4, -0.2) is 38.2 Å². The minimum Gasteiger partial charge on any atom is -0.308 e. The topological polar surface area (TPSA) is 122 Å². The Labute approximate surface area is 821 Å². The maximum atomic E-state index is 15.9. The van der Waals surface area contributed by atoms with Crippen molar-refractivity contribution in [3.05, 3.63) is 479 Å². The molecule has 25 aromatic rings. The van der Waals surface area contributed by atoms with Crippen molar-refractivity contribution in [2.75, 3.05) is 0 Å². The van der Waals surface area contributed by atoms with E-state index in [0.29, 0.717) is 0 Å². The first kappa shape index (κ1) is 85.6. The Kier molecular flexibility index (Phi) is 20.7. The summed E-state index contributed by atoms with van der Waals surface area (Å²) in [5, 5.41) is 17.4. The van der Waals surface area contributed by atoms with E-state index in [1.54, 1.807) is 0 Å². The van der Waals surface area contributed by atoms with Crippen LogP contribution in [0.4, 0.5) is 0 Å². The van der Waals surface area contributed by atoms with Crippen molar-refractivity contribution in [2.45, 2.75) is 40.0 Å². The van der Waals surface area contributed by atoms with Gasteiger partial charge in [-0.2, -0.15) is 0 Å². The molecule has 7 heterocycles. The van der Waals surface area contributed by atoms with Gasteiger partial charge >= 0.3 is 0 Å². The van der Waals surface area contributed by atoms with Gasteiger partial charge in [-0.25, -0.2) is 19.9 Å². The normalized spacial score (nSPS) is 15.3. The van der Waals surface area contributed by atoms with E-state index in [9.17, 15) is 0 Å². The molecule has 3 unspecified atom stereocenters. The van der Waals surface area contributed by atoms with Gasteiger partial charge in [-0.1, -0.05) is 336 Å². The smallest absolute Gasteiger partial charge is 0.175 e. The first-order valence-electron chi connectivity index (χ1n) is 48.6. The number of benzene rings is 21. The van der Waals surface area contributed by atoms with E-state index in [1.165, 1.54) is 54.2 Å². The number of nitrogens with zero attached hydrogens (tertiary/aromatic N) is 8. The van der Waals surface area contributed by atoms with Crippen LogP contribution >= 0.6 is 21.4 Å². The third kappa shape index (κ3) is 14.0. The SMILES string of the molecule is CCc1nc2cccc3c2n1-c1ccc(-c2cc(-c4ccc5ccccc5c4)cc(-c4ccc5ccccc5c4)c2)cc1P3(=O)c1ccccc1.CCc1nc2cccc3c2n1-c1ccc(-c2ccc(-c4nc5ccccc5n4-c4ccccc4)cc2)cc1P3(=O)c1ccccc1.CCc1nc2cccc3c2n1-c1ccc(-c2ccc4cc(-c5ccc6ccccc6c5)ccc4c2)cc1P3(=O)c1ccccc1. The van der Waals surface area contributed by atoms with E-state index in [1.807, 2.05) is 158 Å². The van der Waals surface area contributed by atoms with Crippen LogP contribution in [-0.2, 0) is 33.0 Å². The van der Waals surface area contributed by atoms with Crippen molar-refractivity contribution >= 4 is 156 Å². The summed E-state index contributed by atoms with van der Waals surface area (Å²) in [6, 6.07) is 160. The molecule has 0 N–H and O–H groups in total. The van der Waals surface area contributed by atoms with Crippen molar-refractivity contribution in [3.8, 4) is 101 Å². The molecule has 0 radical (unpaired) electrons. The highest BCUT2D eigenvalue weighted by Crippen LogP contribution is 2.55. The monoisotopic (exact) mass is 1880 g/mol. The van der Waals surface area contributed by atoms with Crippen molar-refractivity contribution < 1.29 is 13.7 Å². The minimum absolute atomic E-state index is 0.772. The lowest BCUT2D eigenvalue weighted by atomic mass is 9.92. The van der Waals surface area contributed by atoms with Gasteiger partial charge in [-0.05, 0) is 255 Å². The lowest BCUT2D eigenvalue weighted by Crippen LogP contribution is -2.33. The number of aromatic nitrogens is 8. The summed E-state index contributed by atoms with van der Waals surface area (Å²) in [5.41, 5.74) is 25.9. The van der Waals surface area contributed by atoms with E-state index < -0.39 is 21.4 Å². The molecule has 0 spiro atoms. The highest BCUT2D eigenvalue weighted by molar-refractivity contribution is 7.87. The number of aryl methyl sites for hydroxylation is 3. The largest absolute Gasteiger partial charge is 0.308 e. The molecule has 0 amide bonds. The second-order valence-electron chi connectivity index (χ2n) is 37.0. The summed E-state index contributed by atoms with van der Waals surface area (Å²) in [6.45, 7) is 6.39. The van der Waals surface area contributed by atoms with E-state index in [0.717, 1.165) is 218 Å². The molecular weight excluding hydrogens is 1790 g/mol. The second kappa shape index (κ2) is 34.4. The Bertz CT molecular complexity index is 9520. The number of hydrogen-bond acceptors (Lipinski definition) is 7. The highest BCUT2D eigenvalue weighted by Gasteiger charge is 2.44. The van der Waals surface area contributed by atoms with Crippen molar-refractivity contribution in [3.63, 3.8) is 0 Å². The maximum absolute atomic E-state index is 15.9. The number of para-hydroxylation sites is 6. The van der Waals surface area contributed by atoms with Crippen LogP contribution in [0, 0.1) is 0 Å². The highest BCUT2D eigenvalue weighted by atomic mass is 31.2. The number of imidazole rings is 4. The van der Waals surface area contributed by atoms with Crippen molar-refractivity contribution in [2.24, 2.45) is 0 Å². The van der Waals surface area contributed by atoms with Gasteiger partial charge in [0.15, 0.2) is 21.4 Å². The molecule has 0 fully saturated rings. The first-order valence-corrected chi connectivity index (χ1v) is 53.7. The van der Waals surface area contributed by atoms with E-state index >= 15 is 13.7 Å². The van der Waals surface area contributed by atoms with Gasteiger partial charge in [0.05, 0.1) is 61.2 Å². The lowest BCUT2D eigenvalue weighted by molar-refractivity contribution is 0.591. The quantitative estimate of drug-likeness (QED) is 0.0994. The summed E-state index contributed by atoms with van der Waals surface area (Å²) >= 11 is 0. The molecule has 0 saturated heterocycles. The fourth-order valence-corrected chi connectivity index (χ4v) is 31.1. The van der Waals surface area contributed by atoms with Crippen molar-refractivity contribution in [1.82, 2.24) is 38.2 Å². The molecule has 21 aromatic carbocycles. The zero-order valence-electron chi connectivity index (χ0n) is 78.1. The predicted molar refractivity (Wildman–Crippen MR) is 593 cm³/mol. The third-order valence-corrected chi connectivity index (χ3v) is 38.2. The Morgan fingerprint density at radius 1 is 0.197 bits per heavy atom. The fourth-order valence-electron chi connectivity index (χ4n) is 22.0. The van der Waals surface area contributed by atoms with Gasteiger partial charge in [0.2, 0.25) is 0 Å². The molecule has 11 nitrogen and oxygen atoms in total. The van der Waals surface area contributed by atoms with Crippen LogP contribution in [0.15, 0.2) is 461 Å². The Morgan fingerprint density at radius 2 is 0.465 bits per heavy atom. The zero-order chi connectivity index (χ0) is 95.1.